The standard InChI is InChI=1S/C15H14BrF2NO/c16-13-8-11(17)9-14(18)15(13)20-7-1-2-10-3-5-12(19)6-4-10/h3-6,8-9H,1-2,7,19H2. The number of hydrogen-bond donors (Lipinski definition) is 1. The van der Waals surface area contributed by atoms with Gasteiger partial charge < -0.3 is 10.5 Å². The third-order valence-corrected chi connectivity index (χ3v) is 3.39. The van der Waals surface area contributed by atoms with Gasteiger partial charge in [-0.05, 0) is 52.5 Å². The van der Waals surface area contributed by atoms with Gasteiger partial charge in [-0.25, -0.2) is 8.78 Å². The molecule has 0 fully saturated rings. The molecule has 0 aliphatic heterocycles. The number of aryl methyl sites for hydroxylation is 1. The van der Waals surface area contributed by atoms with Crippen LogP contribution in [0.2, 0.25) is 0 Å². The Morgan fingerprint density at radius 2 is 1.80 bits per heavy atom. The largest absolute Gasteiger partial charge is 0.489 e. The average molecular weight is 342 g/mol. The van der Waals surface area contributed by atoms with E-state index in [0.717, 1.165) is 30.2 Å². The summed E-state index contributed by atoms with van der Waals surface area (Å²) < 4.78 is 32.0. The molecule has 0 heterocycles. The van der Waals surface area contributed by atoms with Crippen molar-refractivity contribution in [3.63, 3.8) is 0 Å². The van der Waals surface area contributed by atoms with Crippen LogP contribution in [0.4, 0.5) is 14.5 Å². The number of halogens is 3. The number of hydrogen-bond acceptors (Lipinski definition) is 2. The van der Waals surface area contributed by atoms with Crippen molar-refractivity contribution in [3.05, 3.63) is 58.1 Å². The monoisotopic (exact) mass is 341 g/mol. The molecule has 0 spiro atoms. The Hall–Kier alpha value is -1.62. The maximum Gasteiger partial charge on any atom is 0.169 e. The third-order valence-electron chi connectivity index (χ3n) is 2.80. The van der Waals surface area contributed by atoms with Crippen LogP contribution >= 0.6 is 15.9 Å². The molecule has 0 radical (unpaired) electrons. The lowest BCUT2D eigenvalue weighted by molar-refractivity contribution is 0.292. The van der Waals surface area contributed by atoms with Gasteiger partial charge in [0.1, 0.15) is 5.82 Å². The molecule has 5 heteroatoms. The third kappa shape index (κ3) is 3.93. The lowest BCUT2D eigenvalue weighted by Gasteiger charge is -2.09. The lowest BCUT2D eigenvalue weighted by atomic mass is 10.1. The molecule has 20 heavy (non-hydrogen) atoms. The summed E-state index contributed by atoms with van der Waals surface area (Å²) in [6.07, 6.45) is 1.54. The van der Waals surface area contributed by atoms with E-state index in [1.807, 2.05) is 24.3 Å². The molecule has 0 saturated carbocycles. The van der Waals surface area contributed by atoms with Crippen molar-refractivity contribution in [2.75, 3.05) is 12.3 Å². The minimum Gasteiger partial charge on any atom is -0.489 e. The lowest BCUT2D eigenvalue weighted by Crippen LogP contribution is -2.02. The highest BCUT2D eigenvalue weighted by Crippen LogP contribution is 2.29. The van der Waals surface area contributed by atoms with E-state index in [1.54, 1.807) is 0 Å². The van der Waals surface area contributed by atoms with E-state index in [9.17, 15) is 8.78 Å². The van der Waals surface area contributed by atoms with Crippen LogP contribution in [-0.4, -0.2) is 6.61 Å². The first-order valence-electron chi connectivity index (χ1n) is 6.18. The minimum atomic E-state index is -0.704. The van der Waals surface area contributed by atoms with Gasteiger partial charge in [0.15, 0.2) is 11.6 Å². The zero-order valence-corrected chi connectivity index (χ0v) is 12.3. The summed E-state index contributed by atoms with van der Waals surface area (Å²) in [5.41, 5.74) is 7.47. The van der Waals surface area contributed by atoms with Crippen LogP contribution in [0.25, 0.3) is 0 Å². The fraction of sp³-hybridized carbons (Fsp3) is 0.200. The normalized spacial score (nSPS) is 10.6. The first-order chi connectivity index (χ1) is 9.56. The molecule has 2 N–H and O–H groups in total. The number of nitrogens with two attached hydrogens (primary N) is 1. The van der Waals surface area contributed by atoms with Gasteiger partial charge in [0.2, 0.25) is 0 Å². The van der Waals surface area contributed by atoms with Crippen LogP contribution in [0.5, 0.6) is 5.75 Å². The molecule has 0 aromatic heterocycles. The molecule has 0 bridgehead atoms. The smallest absolute Gasteiger partial charge is 0.169 e. The fourth-order valence-electron chi connectivity index (χ4n) is 1.80. The predicted octanol–water partition coefficient (Wildman–Crippen LogP) is 4.32. The maximum atomic E-state index is 13.5. The van der Waals surface area contributed by atoms with Crippen molar-refractivity contribution in [2.45, 2.75) is 12.8 Å². The van der Waals surface area contributed by atoms with Crippen molar-refractivity contribution in [2.24, 2.45) is 0 Å². The average Bonchev–Trinajstić information content (AvgIpc) is 2.39. The van der Waals surface area contributed by atoms with E-state index in [2.05, 4.69) is 15.9 Å². The van der Waals surface area contributed by atoms with Gasteiger partial charge in [-0.15, -0.1) is 0 Å². The van der Waals surface area contributed by atoms with Gasteiger partial charge >= 0.3 is 0 Å². The van der Waals surface area contributed by atoms with E-state index in [0.29, 0.717) is 6.61 Å². The summed E-state index contributed by atoms with van der Waals surface area (Å²) in [4.78, 5) is 0. The van der Waals surface area contributed by atoms with Crippen LogP contribution < -0.4 is 10.5 Å². The Kier molecular flexibility index (Phi) is 4.95. The second-order valence-electron chi connectivity index (χ2n) is 4.39. The van der Waals surface area contributed by atoms with Crippen LogP contribution in [0.15, 0.2) is 40.9 Å². The van der Waals surface area contributed by atoms with Gasteiger partial charge in [-0.1, -0.05) is 12.1 Å². The van der Waals surface area contributed by atoms with E-state index >= 15 is 0 Å². The number of ether oxygens (including phenoxy) is 1. The van der Waals surface area contributed by atoms with Crippen molar-refractivity contribution in [1.82, 2.24) is 0 Å². The highest BCUT2D eigenvalue weighted by atomic mass is 79.9. The van der Waals surface area contributed by atoms with Crippen molar-refractivity contribution >= 4 is 21.6 Å². The Bertz CT molecular complexity index is 564. The van der Waals surface area contributed by atoms with Crippen molar-refractivity contribution in [3.8, 4) is 5.75 Å². The molecule has 0 unspecified atom stereocenters. The first-order valence-corrected chi connectivity index (χ1v) is 6.97. The van der Waals surface area contributed by atoms with E-state index in [-0.39, 0.29) is 10.2 Å². The highest BCUT2D eigenvalue weighted by molar-refractivity contribution is 9.10. The Balaban J connectivity index is 1.86. The first kappa shape index (κ1) is 14.8. The van der Waals surface area contributed by atoms with E-state index in [1.165, 1.54) is 6.07 Å². The van der Waals surface area contributed by atoms with Gasteiger partial charge in [0, 0.05) is 11.8 Å². The Labute approximate surface area is 124 Å². The Morgan fingerprint density at radius 1 is 1.10 bits per heavy atom. The molecular weight excluding hydrogens is 328 g/mol. The van der Waals surface area contributed by atoms with E-state index < -0.39 is 11.6 Å². The number of rotatable bonds is 5. The second-order valence-corrected chi connectivity index (χ2v) is 5.25. The highest BCUT2D eigenvalue weighted by Gasteiger charge is 2.10. The van der Waals surface area contributed by atoms with Crippen molar-refractivity contribution < 1.29 is 13.5 Å². The summed E-state index contributed by atoms with van der Waals surface area (Å²) >= 11 is 3.08. The molecule has 106 valence electrons. The molecule has 0 amide bonds. The van der Waals surface area contributed by atoms with Gasteiger partial charge in [0.25, 0.3) is 0 Å². The summed E-state index contributed by atoms with van der Waals surface area (Å²) in [6.45, 7) is 0.353. The molecule has 0 saturated heterocycles. The maximum absolute atomic E-state index is 13.5. The van der Waals surface area contributed by atoms with Crippen LogP contribution in [0, 0.1) is 11.6 Å². The zero-order valence-electron chi connectivity index (χ0n) is 10.7. The molecule has 2 aromatic rings. The molecule has 0 aliphatic carbocycles. The summed E-state index contributed by atoms with van der Waals surface area (Å²) in [5.74, 6) is -1.29. The predicted molar refractivity (Wildman–Crippen MR) is 78.7 cm³/mol. The molecule has 2 rings (SSSR count). The van der Waals surface area contributed by atoms with E-state index in [4.69, 9.17) is 10.5 Å². The summed E-state index contributed by atoms with van der Waals surface area (Å²) in [5, 5.41) is 0. The zero-order chi connectivity index (χ0) is 14.5. The minimum absolute atomic E-state index is 0.0451. The molecule has 0 atom stereocenters. The molecule has 0 aliphatic rings. The molecule has 2 nitrogen and oxygen atoms in total. The topological polar surface area (TPSA) is 35.2 Å². The van der Waals surface area contributed by atoms with Gasteiger partial charge in [0.05, 0.1) is 11.1 Å². The number of anilines is 1. The fourth-order valence-corrected chi connectivity index (χ4v) is 2.32. The Morgan fingerprint density at radius 3 is 2.45 bits per heavy atom. The van der Waals surface area contributed by atoms with Gasteiger partial charge in [-0.2, -0.15) is 0 Å². The van der Waals surface area contributed by atoms with Crippen LogP contribution in [0.3, 0.4) is 0 Å². The summed E-state index contributed by atoms with van der Waals surface area (Å²) in [6, 6.07) is 9.56. The van der Waals surface area contributed by atoms with Crippen LogP contribution in [0.1, 0.15) is 12.0 Å². The number of benzene rings is 2. The molecule has 2 aromatic carbocycles. The van der Waals surface area contributed by atoms with Gasteiger partial charge in [-0.3, -0.25) is 0 Å². The van der Waals surface area contributed by atoms with Crippen LogP contribution in [-0.2, 0) is 6.42 Å². The quantitative estimate of drug-likeness (QED) is 0.649. The summed E-state index contributed by atoms with van der Waals surface area (Å²) in [7, 11) is 0. The SMILES string of the molecule is Nc1ccc(CCCOc2c(F)cc(F)cc2Br)cc1. The molecular formula is C15H14BrF2NO. The second kappa shape index (κ2) is 6.70. The van der Waals surface area contributed by atoms with Crippen molar-refractivity contribution in [1.29, 1.82) is 0 Å². The number of nitrogen functional groups attached to an aromatic ring is 1.